The second kappa shape index (κ2) is 13.3. The molecule has 3 rings (SSSR count). The van der Waals surface area contributed by atoms with E-state index >= 15 is 0 Å². The van der Waals surface area contributed by atoms with Crippen LogP contribution in [0.3, 0.4) is 0 Å². The van der Waals surface area contributed by atoms with E-state index in [1.807, 2.05) is 6.07 Å². The topological polar surface area (TPSA) is 116 Å². The Hall–Kier alpha value is -1.91. The average Bonchev–Trinajstić information content (AvgIpc) is 2.81. The van der Waals surface area contributed by atoms with Crippen molar-refractivity contribution in [3.8, 4) is 5.75 Å². The Labute approximate surface area is 225 Å². The van der Waals surface area contributed by atoms with Gasteiger partial charge in [-0.25, -0.2) is 8.42 Å². The standard InChI is InChI=1S/C24H24ClNO6S.Na/c25-19-4-1-3-18(13-19)23(27)15-26-12-11-17-7-9-21(10-8-17)33(30,31)22-6-2-5-20(14-22)32-16-24(28)29;/h1-10,13-14,23,26-27H,11-12,15-16H2,(H,28,29);/q;+1/p-1/t23-;/m0./s1. The third-order valence-electron chi connectivity index (χ3n) is 4.87. The van der Waals surface area contributed by atoms with E-state index < -0.39 is 28.5 Å². The first-order chi connectivity index (χ1) is 15.8. The average molecular weight is 512 g/mol. The number of nitrogens with one attached hydrogen (secondary N) is 1. The van der Waals surface area contributed by atoms with Crippen LogP contribution in [0.4, 0.5) is 0 Å². The van der Waals surface area contributed by atoms with Gasteiger partial charge in [-0.1, -0.05) is 41.9 Å². The van der Waals surface area contributed by atoms with Crippen molar-refractivity contribution in [1.82, 2.24) is 5.32 Å². The van der Waals surface area contributed by atoms with Crippen LogP contribution < -0.4 is 44.7 Å². The number of aliphatic hydroxyl groups excluding tert-OH is 1. The van der Waals surface area contributed by atoms with Gasteiger partial charge in [-0.05, 0) is 66.6 Å². The Balaban J connectivity index is 0.00000408. The summed E-state index contributed by atoms with van der Waals surface area (Å²) in [6.07, 6.45) is -0.0301. The number of halogens is 1. The van der Waals surface area contributed by atoms with Crippen LogP contribution in [0, 0.1) is 0 Å². The Morgan fingerprint density at radius 1 is 1.03 bits per heavy atom. The summed E-state index contributed by atoms with van der Waals surface area (Å²) in [6.45, 7) is 0.299. The first-order valence-electron chi connectivity index (χ1n) is 10.2. The molecule has 3 aromatic carbocycles. The smallest absolute Gasteiger partial charge is 0.546 e. The zero-order valence-electron chi connectivity index (χ0n) is 18.6. The largest absolute Gasteiger partial charge is 1.00 e. The van der Waals surface area contributed by atoms with Gasteiger partial charge in [0.2, 0.25) is 9.84 Å². The van der Waals surface area contributed by atoms with Gasteiger partial charge in [-0.2, -0.15) is 0 Å². The van der Waals surface area contributed by atoms with Crippen LogP contribution in [0.2, 0.25) is 5.02 Å². The molecule has 3 aromatic rings. The summed E-state index contributed by atoms with van der Waals surface area (Å²) < 4.78 is 30.8. The minimum absolute atomic E-state index is 0. The van der Waals surface area contributed by atoms with Crippen molar-refractivity contribution in [3.05, 3.63) is 88.9 Å². The van der Waals surface area contributed by atoms with Crippen molar-refractivity contribution in [2.24, 2.45) is 0 Å². The second-order valence-corrected chi connectivity index (χ2v) is 9.69. The van der Waals surface area contributed by atoms with Gasteiger partial charge in [-0.3, -0.25) is 0 Å². The number of carbonyl (C=O) groups is 1. The molecule has 2 N–H and O–H groups in total. The molecule has 0 aliphatic rings. The van der Waals surface area contributed by atoms with Crippen LogP contribution in [-0.4, -0.2) is 39.2 Å². The number of carboxylic acid groups (broad SMARTS) is 1. The Morgan fingerprint density at radius 3 is 2.41 bits per heavy atom. The Bertz CT molecular complexity index is 1200. The zero-order chi connectivity index (χ0) is 23.8. The third kappa shape index (κ3) is 8.09. The number of benzene rings is 3. The summed E-state index contributed by atoms with van der Waals surface area (Å²) in [5, 5.41) is 24.5. The summed E-state index contributed by atoms with van der Waals surface area (Å²) in [5.41, 5.74) is 1.67. The number of ether oxygens (including phenoxy) is 1. The van der Waals surface area contributed by atoms with Crippen molar-refractivity contribution in [1.29, 1.82) is 0 Å². The van der Waals surface area contributed by atoms with Crippen LogP contribution >= 0.6 is 11.6 Å². The summed E-state index contributed by atoms with van der Waals surface area (Å²) in [6, 6.07) is 19.2. The molecule has 10 heteroatoms. The van der Waals surface area contributed by atoms with Crippen LogP contribution in [0.25, 0.3) is 0 Å². The fraction of sp³-hybridized carbons (Fsp3) is 0.208. The Kier molecular flexibility index (Phi) is 11.0. The maximum Gasteiger partial charge on any atom is 1.00 e. The number of carbonyl (C=O) groups excluding carboxylic acids is 1. The van der Waals surface area contributed by atoms with Gasteiger partial charge in [0.1, 0.15) is 12.4 Å². The molecule has 0 bridgehead atoms. The molecule has 0 spiro atoms. The molecule has 1 atom stereocenters. The third-order valence-corrected chi connectivity index (χ3v) is 6.87. The second-order valence-electron chi connectivity index (χ2n) is 7.31. The quantitative estimate of drug-likeness (QED) is 0.255. The Morgan fingerprint density at radius 2 is 1.74 bits per heavy atom. The predicted molar refractivity (Wildman–Crippen MR) is 122 cm³/mol. The van der Waals surface area contributed by atoms with Crippen molar-refractivity contribution >= 4 is 27.4 Å². The molecule has 34 heavy (non-hydrogen) atoms. The molecule has 0 aliphatic carbocycles. The van der Waals surface area contributed by atoms with E-state index in [1.165, 1.54) is 36.4 Å². The first kappa shape index (κ1) is 28.3. The number of hydrogen-bond donors (Lipinski definition) is 2. The number of rotatable bonds is 11. The number of aliphatic carboxylic acids is 1. The summed E-state index contributed by atoms with van der Waals surface area (Å²) in [7, 11) is -3.79. The maximum absolute atomic E-state index is 12.9. The zero-order valence-corrected chi connectivity index (χ0v) is 22.2. The van der Waals surface area contributed by atoms with E-state index in [2.05, 4.69) is 5.32 Å². The van der Waals surface area contributed by atoms with Gasteiger partial charge in [-0.15, -0.1) is 0 Å². The van der Waals surface area contributed by atoms with Crippen LogP contribution in [0.1, 0.15) is 17.2 Å². The number of sulfone groups is 1. The summed E-state index contributed by atoms with van der Waals surface area (Å²) >= 11 is 5.94. The molecule has 0 radical (unpaired) electrons. The van der Waals surface area contributed by atoms with Gasteiger partial charge in [0.05, 0.1) is 21.9 Å². The van der Waals surface area contributed by atoms with Crippen molar-refractivity contribution in [3.63, 3.8) is 0 Å². The molecule has 7 nitrogen and oxygen atoms in total. The van der Waals surface area contributed by atoms with Gasteiger partial charge in [0.15, 0.2) is 0 Å². The summed E-state index contributed by atoms with van der Waals surface area (Å²) in [4.78, 5) is 10.7. The molecule has 0 heterocycles. The molecule has 174 valence electrons. The van der Waals surface area contributed by atoms with Crippen molar-refractivity contribution < 1.29 is 57.7 Å². The number of carboxylic acids is 1. The minimum Gasteiger partial charge on any atom is -0.546 e. The molecule has 0 aromatic heterocycles. The molecule has 0 unspecified atom stereocenters. The maximum atomic E-state index is 12.9. The van der Waals surface area contributed by atoms with Gasteiger partial charge >= 0.3 is 29.6 Å². The molecule has 0 amide bonds. The van der Waals surface area contributed by atoms with Crippen LogP contribution in [0.5, 0.6) is 5.75 Å². The number of aliphatic hydroxyl groups is 1. The van der Waals surface area contributed by atoms with Crippen LogP contribution in [-0.2, 0) is 21.1 Å². The van der Waals surface area contributed by atoms with E-state index in [-0.39, 0.29) is 45.1 Å². The minimum atomic E-state index is -3.79. The molecule has 0 fully saturated rings. The van der Waals surface area contributed by atoms with E-state index in [0.29, 0.717) is 24.5 Å². The normalized spacial score (nSPS) is 11.9. The fourth-order valence-corrected chi connectivity index (χ4v) is 4.64. The van der Waals surface area contributed by atoms with Gasteiger partial charge in [0.25, 0.3) is 0 Å². The monoisotopic (exact) mass is 511 g/mol. The van der Waals surface area contributed by atoms with Crippen LogP contribution in [0.15, 0.2) is 82.6 Å². The fourth-order valence-electron chi connectivity index (χ4n) is 3.15. The van der Waals surface area contributed by atoms with Gasteiger partial charge in [0, 0.05) is 11.6 Å². The summed E-state index contributed by atoms with van der Waals surface area (Å²) in [5.74, 6) is -1.27. The van der Waals surface area contributed by atoms with Crippen molar-refractivity contribution in [2.75, 3.05) is 19.7 Å². The molecular formula is C24H23ClNNaO6S. The molecule has 0 aliphatic heterocycles. The number of hydrogen-bond acceptors (Lipinski definition) is 7. The van der Waals surface area contributed by atoms with E-state index in [9.17, 15) is 23.4 Å². The van der Waals surface area contributed by atoms with E-state index in [4.69, 9.17) is 16.3 Å². The van der Waals surface area contributed by atoms with Crippen molar-refractivity contribution in [2.45, 2.75) is 22.3 Å². The van der Waals surface area contributed by atoms with E-state index in [0.717, 1.165) is 11.1 Å². The molecule has 0 saturated carbocycles. The van der Waals surface area contributed by atoms with Gasteiger partial charge < -0.3 is 25.1 Å². The molecule has 0 saturated heterocycles. The van der Waals surface area contributed by atoms with E-state index in [1.54, 1.807) is 30.3 Å². The molecular weight excluding hydrogens is 489 g/mol. The SMILES string of the molecule is O=C([O-])COc1cccc(S(=O)(=O)c2ccc(CCNC[C@H](O)c3cccc(Cl)c3)cc2)c1.[Na+]. The predicted octanol–water partition coefficient (Wildman–Crippen LogP) is -0.829. The first-order valence-corrected chi connectivity index (χ1v) is 12.0.